The first-order valence-corrected chi connectivity index (χ1v) is 9.83. The number of carbonyl (C=O) groups is 3. The number of hydrogen-bond acceptors (Lipinski definition) is 5. The van der Waals surface area contributed by atoms with Gasteiger partial charge in [0.15, 0.2) is 9.84 Å². The SMILES string of the molecule is CCCC(CCC)S(=O)(=O)C[C@@H](NC(=O)CCNC(C)=O)C(=O)O. The summed E-state index contributed by atoms with van der Waals surface area (Å²) in [6.07, 6.45) is 2.20. The van der Waals surface area contributed by atoms with Gasteiger partial charge in [0.2, 0.25) is 11.8 Å². The van der Waals surface area contributed by atoms with Crippen LogP contribution in [0, 0.1) is 0 Å². The molecule has 8 nitrogen and oxygen atoms in total. The third-order valence-electron chi connectivity index (χ3n) is 3.49. The molecule has 0 aliphatic heterocycles. The standard InChI is InChI=1S/C15H28N2O6S/c1-4-6-12(7-5-2)24(22,23)10-13(15(20)21)17-14(19)8-9-16-11(3)18/h12-13H,4-10H2,1-3H3,(H,16,18)(H,17,19)(H,20,21)/t13-/m1/s1. The molecule has 0 rings (SSSR count). The van der Waals surface area contributed by atoms with Gasteiger partial charge < -0.3 is 15.7 Å². The molecular weight excluding hydrogens is 336 g/mol. The molecule has 0 aromatic carbocycles. The Morgan fingerprint density at radius 3 is 2.04 bits per heavy atom. The van der Waals surface area contributed by atoms with Crippen LogP contribution in [0.1, 0.15) is 52.9 Å². The number of carboxylic acids is 1. The molecule has 0 radical (unpaired) electrons. The fraction of sp³-hybridized carbons (Fsp3) is 0.800. The lowest BCUT2D eigenvalue weighted by atomic mass is 10.2. The molecule has 0 saturated heterocycles. The van der Waals surface area contributed by atoms with E-state index in [-0.39, 0.29) is 18.9 Å². The molecule has 140 valence electrons. The monoisotopic (exact) mass is 364 g/mol. The Balaban J connectivity index is 4.84. The summed E-state index contributed by atoms with van der Waals surface area (Å²) < 4.78 is 24.9. The number of carbonyl (C=O) groups excluding carboxylic acids is 2. The molecule has 0 aromatic rings. The maximum Gasteiger partial charge on any atom is 0.327 e. The van der Waals surface area contributed by atoms with Gasteiger partial charge in [-0.3, -0.25) is 9.59 Å². The minimum atomic E-state index is -3.64. The van der Waals surface area contributed by atoms with Crippen LogP contribution in [0.5, 0.6) is 0 Å². The molecule has 3 N–H and O–H groups in total. The van der Waals surface area contributed by atoms with Crippen molar-refractivity contribution < 1.29 is 27.9 Å². The molecule has 24 heavy (non-hydrogen) atoms. The summed E-state index contributed by atoms with van der Waals surface area (Å²) in [7, 11) is -3.64. The van der Waals surface area contributed by atoms with E-state index in [1.807, 2.05) is 13.8 Å². The molecule has 0 unspecified atom stereocenters. The highest BCUT2D eigenvalue weighted by atomic mass is 32.2. The second-order valence-electron chi connectivity index (χ2n) is 5.72. The van der Waals surface area contributed by atoms with Crippen molar-refractivity contribution in [1.82, 2.24) is 10.6 Å². The molecule has 0 bridgehead atoms. The Labute approximate surface area is 143 Å². The first-order valence-electron chi connectivity index (χ1n) is 8.12. The fourth-order valence-corrected chi connectivity index (χ4v) is 4.46. The first-order chi connectivity index (χ1) is 11.1. The normalized spacial score (nSPS) is 12.7. The molecular formula is C15H28N2O6S. The zero-order valence-corrected chi connectivity index (χ0v) is 15.3. The summed E-state index contributed by atoms with van der Waals surface area (Å²) in [4.78, 5) is 33.7. The third-order valence-corrected chi connectivity index (χ3v) is 5.77. The van der Waals surface area contributed by atoms with Gasteiger partial charge >= 0.3 is 5.97 Å². The van der Waals surface area contributed by atoms with Crippen LogP contribution in [0.25, 0.3) is 0 Å². The molecule has 0 saturated carbocycles. The lowest BCUT2D eigenvalue weighted by Crippen LogP contribution is -2.47. The van der Waals surface area contributed by atoms with Crippen molar-refractivity contribution in [3.8, 4) is 0 Å². The van der Waals surface area contributed by atoms with Crippen molar-refractivity contribution in [2.75, 3.05) is 12.3 Å². The topological polar surface area (TPSA) is 130 Å². The van der Waals surface area contributed by atoms with Gasteiger partial charge in [0.05, 0.1) is 11.0 Å². The Morgan fingerprint density at radius 1 is 1.08 bits per heavy atom. The summed E-state index contributed by atoms with van der Waals surface area (Å²) in [5, 5.41) is 13.2. The van der Waals surface area contributed by atoms with Crippen molar-refractivity contribution in [2.45, 2.75) is 64.2 Å². The zero-order valence-electron chi connectivity index (χ0n) is 14.5. The van der Waals surface area contributed by atoms with Crippen molar-refractivity contribution >= 4 is 27.6 Å². The zero-order chi connectivity index (χ0) is 18.8. The lowest BCUT2D eigenvalue weighted by molar-refractivity contribution is -0.141. The quantitative estimate of drug-likeness (QED) is 0.461. The summed E-state index contributed by atoms with van der Waals surface area (Å²) in [6, 6.07) is -1.49. The van der Waals surface area contributed by atoms with Gasteiger partial charge in [0.25, 0.3) is 0 Å². The Kier molecular flexibility index (Phi) is 10.3. The van der Waals surface area contributed by atoms with Crippen LogP contribution in [0.15, 0.2) is 0 Å². The van der Waals surface area contributed by atoms with Gasteiger partial charge in [-0.1, -0.05) is 26.7 Å². The maximum absolute atomic E-state index is 12.4. The highest BCUT2D eigenvalue weighted by Crippen LogP contribution is 2.16. The highest BCUT2D eigenvalue weighted by molar-refractivity contribution is 7.92. The summed E-state index contributed by atoms with van der Waals surface area (Å²) in [6.45, 7) is 5.11. The van der Waals surface area contributed by atoms with Crippen LogP contribution in [0.4, 0.5) is 0 Å². The van der Waals surface area contributed by atoms with Gasteiger partial charge in [-0.15, -0.1) is 0 Å². The molecule has 0 heterocycles. The van der Waals surface area contributed by atoms with E-state index in [1.165, 1.54) is 6.92 Å². The van der Waals surface area contributed by atoms with E-state index in [0.29, 0.717) is 25.7 Å². The number of nitrogens with one attached hydrogen (secondary N) is 2. The average Bonchev–Trinajstić information content (AvgIpc) is 2.45. The molecule has 0 fully saturated rings. The maximum atomic E-state index is 12.4. The van der Waals surface area contributed by atoms with E-state index < -0.39 is 38.8 Å². The van der Waals surface area contributed by atoms with E-state index in [9.17, 15) is 27.9 Å². The van der Waals surface area contributed by atoms with Crippen LogP contribution in [0.3, 0.4) is 0 Å². The lowest BCUT2D eigenvalue weighted by Gasteiger charge is -2.20. The van der Waals surface area contributed by atoms with Crippen molar-refractivity contribution in [3.05, 3.63) is 0 Å². The number of aliphatic carboxylic acids is 1. The van der Waals surface area contributed by atoms with E-state index in [4.69, 9.17) is 0 Å². The molecule has 1 atom stereocenters. The molecule has 0 aliphatic carbocycles. The van der Waals surface area contributed by atoms with Crippen LogP contribution in [0.2, 0.25) is 0 Å². The first kappa shape index (κ1) is 22.4. The van der Waals surface area contributed by atoms with E-state index >= 15 is 0 Å². The number of rotatable bonds is 12. The summed E-state index contributed by atoms with van der Waals surface area (Å²) in [5.41, 5.74) is 0. The Bertz CT molecular complexity index is 526. The van der Waals surface area contributed by atoms with Crippen LogP contribution in [-0.2, 0) is 24.2 Å². The van der Waals surface area contributed by atoms with Gasteiger partial charge in [0, 0.05) is 19.9 Å². The van der Waals surface area contributed by atoms with Crippen molar-refractivity contribution in [2.24, 2.45) is 0 Å². The van der Waals surface area contributed by atoms with Crippen LogP contribution < -0.4 is 10.6 Å². The van der Waals surface area contributed by atoms with Gasteiger partial charge in [-0.2, -0.15) is 0 Å². The van der Waals surface area contributed by atoms with Crippen LogP contribution in [-0.4, -0.2) is 54.9 Å². The molecule has 2 amide bonds. The summed E-state index contributed by atoms with van der Waals surface area (Å²) in [5.74, 6) is -2.94. The Hall–Kier alpha value is -1.64. The highest BCUT2D eigenvalue weighted by Gasteiger charge is 2.31. The predicted molar refractivity (Wildman–Crippen MR) is 90.3 cm³/mol. The smallest absolute Gasteiger partial charge is 0.327 e. The second-order valence-corrected chi connectivity index (χ2v) is 8.05. The Morgan fingerprint density at radius 2 is 1.62 bits per heavy atom. The minimum absolute atomic E-state index is 0.0640. The molecule has 0 spiro atoms. The van der Waals surface area contributed by atoms with Gasteiger partial charge in [0.1, 0.15) is 6.04 Å². The predicted octanol–water partition coefficient (Wildman–Crippen LogP) is 0.466. The third kappa shape index (κ3) is 8.85. The number of carboxylic acid groups (broad SMARTS) is 1. The van der Waals surface area contributed by atoms with Gasteiger partial charge in [-0.25, -0.2) is 13.2 Å². The van der Waals surface area contributed by atoms with Crippen molar-refractivity contribution in [3.63, 3.8) is 0 Å². The average molecular weight is 364 g/mol. The largest absolute Gasteiger partial charge is 0.480 e. The van der Waals surface area contributed by atoms with Crippen molar-refractivity contribution in [1.29, 1.82) is 0 Å². The van der Waals surface area contributed by atoms with E-state index in [2.05, 4.69) is 10.6 Å². The fourth-order valence-electron chi connectivity index (χ4n) is 2.31. The molecule has 0 aliphatic rings. The molecule has 9 heteroatoms. The number of sulfone groups is 1. The van der Waals surface area contributed by atoms with E-state index in [0.717, 1.165) is 0 Å². The molecule has 0 aromatic heterocycles. The van der Waals surface area contributed by atoms with Gasteiger partial charge in [-0.05, 0) is 12.8 Å². The van der Waals surface area contributed by atoms with Crippen LogP contribution >= 0.6 is 0 Å². The number of hydrogen-bond donors (Lipinski definition) is 3. The second kappa shape index (κ2) is 11.0. The summed E-state index contributed by atoms with van der Waals surface area (Å²) >= 11 is 0. The minimum Gasteiger partial charge on any atom is -0.480 e. The van der Waals surface area contributed by atoms with E-state index in [1.54, 1.807) is 0 Å². The number of amides is 2.